The Hall–Kier alpha value is -0.760. The predicted octanol–water partition coefficient (Wildman–Crippen LogP) is 2.73. The quantitative estimate of drug-likeness (QED) is 0.665. The first-order valence-corrected chi connectivity index (χ1v) is 3.80. The number of aromatic nitrogens is 1. The van der Waals surface area contributed by atoms with Gasteiger partial charge in [-0.2, -0.15) is 0 Å². The third kappa shape index (κ3) is 0.762. The van der Waals surface area contributed by atoms with E-state index in [1.807, 2.05) is 24.4 Å². The van der Waals surface area contributed by atoms with E-state index in [1.54, 1.807) is 0 Å². The molecule has 1 N–H and O–H groups in total. The molecule has 1 heterocycles. The van der Waals surface area contributed by atoms with Gasteiger partial charge in [0.15, 0.2) is 0 Å². The lowest BCUT2D eigenvalue weighted by Crippen LogP contribution is -1.63. The van der Waals surface area contributed by atoms with Gasteiger partial charge in [-0.05, 0) is 34.1 Å². The van der Waals surface area contributed by atoms with Crippen LogP contribution >= 0.6 is 15.9 Å². The van der Waals surface area contributed by atoms with Crippen LogP contribution in [-0.4, -0.2) is 4.98 Å². The number of aromatic amines is 1. The average molecular weight is 195 g/mol. The number of rotatable bonds is 0. The molecule has 0 saturated heterocycles. The highest BCUT2D eigenvalue weighted by Gasteiger charge is 1.96. The van der Waals surface area contributed by atoms with Crippen LogP contribution in [0.2, 0.25) is 0 Å². The summed E-state index contributed by atoms with van der Waals surface area (Å²) in [6.45, 7) is 0. The molecule has 0 aliphatic carbocycles. The largest absolute Gasteiger partial charge is 0.360 e. The Labute approximate surface area is 67.2 Å². The molecule has 1 aromatic carbocycles. The molecule has 2 aromatic rings. The van der Waals surface area contributed by atoms with E-state index in [4.69, 9.17) is 0 Å². The van der Waals surface area contributed by atoms with Crippen LogP contribution < -0.4 is 0 Å². The van der Waals surface area contributed by atoms with Crippen LogP contribution in [0.5, 0.6) is 0 Å². The fourth-order valence-corrected chi connectivity index (χ4v) is 1.42. The Kier molecular flexibility index (Phi) is 1.27. The SMILES string of the molecule is Brc1c[nH]c2cc[c]cc12. The molecule has 0 spiro atoms. The van der Waals surface area contributed by atoms with Crippen molar-refractivity contribution in [2.45, 2.75) is 0 Å². The molecule has 0 amide bonds. The first kappa shape index (κ1) is 5.98. The van der Waals surface area contributed by atoms with Crippen LogP contribution in [0, 0.1) is 6.07 Å². The van der Waals surface area contributed by atoms with Crippen molar-refractivity contribution >= 4 is 26.8 Å². The van der Waals surface area contributed by atoms with Crippen molar-refractivity contribution in [3.05, 3.63) is 34.9 Å². The molecule has 10 heavy (non-hydrogen) atoms. The van der Waals surface area contributed by atoms with Gasteiger partial charge in [0.25, 0.3) is 0 Å². The number of H-pyrrole nitrogens is 1. The summed E-state index contributed by atoms with van der Waals surface area (Å²) in [6, 6.07) is 8.86. The number of hydrogen-bond acceptors (Lipinski definition) is 0. The highest BCUT2D eigenvalue weighted by atomic mass is 79.9. The minimum Gasteiger partial charge on any atom is -0.360 e. The van der Waals surface area contributed by atoms with Crippen molar-refractivity contribution in [1.29, 1.82) is 0 Å². The molecule has 0 saturated carbocycles. The Morgan fingerprint density at radius 3 is 3.20 bits per heavy atom. The summed E-state index contributed by atoms with van der Waals surface area (Å²) in [5, 5.41) is 1.18. The molecule has 1 nitrogen and oxygen atoms in total. The highest BCUT2D eigenvalue weighted by molar-refractivity contribution is 9.10. The van der Waals surface area contributed by atoms with Crippen molar-refractivity contribution < 1.29 is 0 Å². The first-order chi connectivity index (χ1) is 4.88. The topological polar surface area (TPSA) is 15.8 Å². The maximum absolute atomic E-state index is 3.42. The summed E-state index contributed by atoms with van der Waals surface area (Å²) in [7, 11) is 0. The van der Waals surface area contributed by atoms with Crippen LogP contribution in [-0.2, 0) is 0 Å². The molecule has 0 unspecified atom stereocenters. The smallest absolute Gasteiger partial charge is 0.0466 e. The zero-order valence-corrected chi connectivity index (χ0v) is 6.77. The second kappa shape index (κ2) is 2.13. The lowest BCUT2D eigenvalue weighted by Gasteiger charge is -1.85. The van der Waals surface area contributed by atoms with Crippen LogP contribution in [0.4, 0.5) is 0 Å². The van der Waals surface area contributed by atoms with Gasteiger partial charge in [-0.15, -0.1) is 0 Å². The number of nitrogens with one attached hydrogen (secondary N) is 1. The number of hydrogen-bond donors (Lipinski definition) is 1. The third-order valence-electron chi connectivity index (χ3n) is 1.48. The molecule has 0 atom stereocenters. The lowest BCUT2D eigenvalue weighted by molar-refractivity contribution is 1.47. The van der Waals surface area contributed by atoms with Crippen molar-refractivity contribution in [2.75, 3.05) is 0 Å². The van der Waals surface area contributed by atoms with Crippen molar-refractivity contribution in [3.63, 3.8) is 0 Å². The predicted molar refractivity (Wildman–Crippen MR) is 44.8 cm³/mol. The Morgan fingerprint density at radius 2 is 2.40 bits per heavy atom. The van der Waals surface area contributed by atoms with Gasteiger partial charge in [-0.3, -0.25) is 0 Å². The van der Waals surface area contributed by atoms with Gasteiger partial charge in [0.05, 0.1) is 0 Å². The summed E-state index contributed by atoms with van der Waals surface area (Å²) in [6.07, 6.45) is 1.93. The van der Waals surface area contributed by atoms with E-state index in [0.29, 0.717) is 0 Å². The molecule has 2 heteroatoms. The third-order valence-corrected chi connectivity index (χ3v) is 2.13. The fraction of sp³-hybridized carbons (Fsp3) is 0. The van der Waals surface area contributed by atoms with E-state index in [1.165, 1.54) is 5.39 Å². The van der Waals surface area contributed by atoms with E-state index in [2.05, 4.69) is 27.0 Å². The zero-order chi connectivity index (χ0) is 6.97. The number of fused-ring (bicyclic) bond motifs is 1. The monoisotopic (exact) mass is 194 g/mol. The molecule has 0 aliphatic rings. The summed E-state index contributed by atoms with van der Waals surface area (Å²) in [5.74, 6) is 0. The molecule has 2 rings (SSSR count). The van der Waals surface area contributed by atoms with Gasteiger partial charge in [0.1, 0.15) is 0 Å². The molecule has 0 aliphatic heterocycles. The van der Waals surface area contributed by atoms with Gasteiger partial charge in [0.2, 0.25) is 0 Å². The van der Waals surface area contributed by atoms with Crippen molar-refractivity contribution in [2.24, 2.45) is 0 Å². The maximum Gasteiger partial charge on any atom is 0.0466 e. The van der Waals surface area contributed by atoms with Gasteiger partial charge in [-0.25, -0.2) is 0 Å². The van der Waals surface area contributed by atoms with Crippen molar-refractivity contribution in [1.82, 2.24) is 4.98 Å². The molecular formula is C8H5BrN. The maximum atomic E-state index is 3.42. The molecule has 49 valence electrons. The Bertz CT molecular complexity index is 351. The first-order valence-electron chi connectivity index (χ1n) is 3.00. The summed E-state index contributed by atoms with van der Waals surface area (Å²) in [5.41, 5.74) is 1.14. The Balaban J connectivity index is 2.93. The minimum absolute atomic E-state index is 1.10. The summed E-state index contributed by atoms with van der Waals surface area (Å²) in [4.78, 5) is 3.12. The second-order valence-corrected chi connectivity index (χ2v) is 2.96. The van der Waals surface area contributed by atoms with E-state index < -0.39 is 0 Å². The fourth-order valence-electron chi connectivity index (χ4n) is 0.973. The van der Waals surface area contributed by atoms with Gasteiger partial charge in [-0.1, -0.05) is 6.07 Å². The molecule has 0 fully saturated rings. The molecule has 1 radical (unpaired) electrons. The molecule has 1 aromatic heterocycles. The second-order valence-electron chi connectivity index (χ2n) is 2.11. The Morgan fingerprint density at radius 1 is 1.50 bits per heavy atom. The van der Waals surface area contributed by atoms with E-state index in [9.17, 15) is 0 Å². The van der Waals surface area contributed by atoms with Gasteiger partial charge >= 0.3 is 0 Å². The van der Waals surface area contributed by atoms with Crippen LogP contribution in [0.25, 0.3) is 10.9 Å². The van der Waals surface area contributed by atoms with Gasteiger partial charge < -0.3 is 4.98 Å². The van der Waals surface area contributed by atoms with E-state index in [-0.39, 0.29) is 0 Å². The van der Waals surface area contributed by atoms with Gasteiger partial charge in [0, 0.05) is 21.6 Å². The van der Waals surface area contributed by atoms with Crippen LogP contribution in [0.15, 0.2) is 28.9 Å². The van der Waals surface area contributed by atoms with Crippen molar-refractivity contribution in [3.8, 4) is 0 Å². The van der Waals surface area contributed by atoms with E-state index >= 15 is 0 Å². The van der Waals surface area contributed by atoms with Crippen LogP contribution in [0.1, 0.15) is 0 Å². The molecular weight excluding hydrogens is 190 g/mol. The standard InChI is InChI=1S/C8H5BrN/c9-7-5-10-8-4-2-1-3-6(7)8/h2-5,10H. The summed E-state index contributed by atoms with van der Waals surface area (Å²) < 4.78 is 1.10. The summed E-state index contributed by atoms with van der Waals surface area (Å²) >= 11 is 3.42. The highest BCUT2D eigenvalue weighted by Crippen LogP contribution is 2.21. The van der Waals surface area contributed by atoms with Crippen LogP contribution in [0.3, 0.4) is 0 Å². The zero-order valence-electron chi connectivity index (χ0n) is 5.19. The molecule has 0 bridgehead atoms. The normalized spacial score (nSPS) is 10.5. The minimum atomic E-state index is 1.10. The average Bonchev–Trinajstić information content (AvgIpc) is 2.34. The van der Waals surface area contributed by atoms with E-state index in [0.717, 1.165) is 9.99 Å². The lowest BCUT2D eigenvalue weighted by atomic mass is 10.3. The number of benzene rings is 1. The number of halogens is 1.